The van der Waals surface area contributed by atoms with Crippen LogP contribution in [-0.4, -0.2) is 30.3 Å². The molecule has 2 aliphatic heterocycles. The Morgan fingerprint density at radius 3 is 2.71 bits per heavy atom. The van der Waals surface area contributed by atoms with Crippen LogP contribution in [0.3, 0.4) is 0 Å². The molecular weight excluding hydrogens is 176 g/mol. The highest BCUT2D eigenvalue weighted by molar-refractivity contribution is 4.81. The minimum atomic E-state index is 0.388. The Kier molecular flexibility index (Phi) is 3.75. The van der Waals surface area contributed by atoms with Gasteiger partial charge in [0.1, 0.15) is 0 Å². The number of piperidine rings is 2. The van der Waals surface area contributed by atoms with E-state index in [0.717, 1.165) is 0 Å². The summed E-state index contributed by atoms with van der Waals surface area (Å²) < 4.78 is 0. The monoisotopic (exact) mass is 198 g/mol. The minimum absolute atomic E-state index is 0.388. The molecule has 2 saturated heterocycles. The normalized spacial score (nSPS) is 35.8. The Morgan fingerprint density at radius 2 is 2.00 bits per heavy atom. The molecule has 2 aliphatic rings. The highest BCUT2D eigenvalue weighted by Crippen LogP contribution is 2.20. The third-order valence-electron chi connectivity index (χ3n) is 3.42. The maximum Gasteiger partial charge on any atom is 0.0738 e. The van der Waals surface area contributed by atoms with Crippen molar-refractivity contribution in [3.8, 4) is 0 Å². The number of nitrogens with zero attached hydrogens (tertiary/aromatic N) is 1. The molecule has 14 heavy (non-hydrogen) atoms. The lowest BCUT2D eigenvalue weighted by molar-refractivity contribution is 0.0426. The molecule has 0 amide bonds. The second-order valence-corrected chi connectivity index (χ2v) is 4.38. The van der Waals surface area contributed by atoms with Crippen LogP contribution in [0.15, 0.2) is 0 Å². The van der Waals surface area contributed by atoms with E-state index in [9.17, 15) is 0 Å². The molecule has 2 fully saturated rings. The topological polar surface area (TPSA) is 53.3 Å². The van der Waals surface area contributed by atoms with Gasteiger partial charge in [-0.1, -0.05) is 0 Å². The number of nitrogens with one attached hydrogen (secondary N) is 2. The largest absolute Gasteiger partial charge is 0.302 e. The predicted molar refractivity (Wildman–Crippen MR) is 57.3 cm³/mol. The third kappa shape index (κ3) is 2.25. The summed E-state index contributed by atoms with van der Waals surface area (Å²) in [7, 11) is 0. The fraction of sp³-hybridized carbons (Fsp3) is 1.00. The number of likely N-dealkylation sites (tertiary alicyclic amines) is 1. The van der Waals surface area contributed by atoms with Crippen molar-refractivity contribution in [2.75, 3.05) is 13.1 Å². The summed E-state index contributed by atoms with van der Waals surface area (Å²) in [5.74, 6) is 5.58. The van der Waals surface area contributed by atoms with E-state index in [0.29, 0.717) is 12.3 Å². The summed E-state index contributed by atoms with van der Waals surface area (Å²) in [6, 6.07) is 0. The first-order valence-electron chi connectivity index (χ1n) is 5.87. The Hall–Kier alpha value is -0.160. The Bertz CT molecular complexity index is 168. The summed E-state index contributed by atoms with van der Waals surface area (Å²) in [6.07, 6.45) is 8.71. The lowest BCUT2D eigenvalue weighted by Gasteiger charge is -2.42. The average molecular weight is 198 g/mol. The van der Waals surface area contributed by atoms with Crippen LogP contribution in [0.25, 0.3) is 0 Å². The quantitative estimate of drug-likeness (QED) is 0.443. The van der Waals surface area contributed by atoms with Crippen LogP contribution in [0.1, 0.15) is 38.5 Å². The zero-order valence-electron chi connectivity index (χ0n) is 8.84. The first-order valence-corrected chi connectivity index (χ1v) is 5.87. The summed E-state index contributed by atoms with van der Waals surface area (Å²) in [5, 5.41) is 3.58. The zero-order valence-corrected chi connectivity index (χ0v) is 8.84. The molecule has 0 saturated carbocycles. The van der Waals surface area contributed by atoms with Crippen molar-refractivity contribution in [3.63, 3.8) is 0 Å². The molecule has 0 radical (unpaired) electrons. The fourth-order valence-corrected chi connectivity index (χ4v) is 2.62. The van der Waals surface area contributed by atoms with Gasteiger partial charge in [0.05, 0.1) is 12.3 Å². The van der Waals surface area contributed by atoms with E-state index < -0.39 is 0 Å². The van der Waals surface area contributed by atoms with Crippen LogP contribution in [-0.2, 0) is 0 Å². The average Bonchev–Trinajstić information content (AvgIpc) is 2.30. The van der Waals surface area contributed by atoms with E-state index in [2.05, 4.69) is 15.6 Å². The maximum atomic E-state index is 5.58. The third-order valence-corrected chi connectivity index (χ3v) is 3.42. The summed E-state index contributed by atoms with van der Waals surface area (Å²) in [5.41, 5.74) is 2.94. The minimum Gasteiger partial charge on any atom is -0.302 e. The molecule has 0 spiro atoms. The van der Waals surface area contributed by atoms with Crippen LogP contribution >= 0.6 is 0 Å². The van der Waals surface area contributed by atoms with Gasteiger partial charge >= 0.3 is 0 Å². The first kappa shape index (κ1) is 10.4. The van der Waals surface area contributed by atoms with Gasteiger partial charge in [-0.15, -0.1) is 0 Å². The Labute approximate surface area is 86.2 Å². The van der Waals surface area contributed by atoms with Crippen LogP contribution in [0, 0.1) is 0 Å². The predicted octanol–water partition coefficient (Wildman–Crippen LogP) is 0.361. The second kappa shape index (κ2) is 5.07. The number of hydrazine groups is 1. The molecule has 4 heteroatoms. The van der Waals surface area contributed by atoms with Gasteiger partial charge in [0.15, 0.2) is 0 Å². The van der Waals surface area contributed by atoms with Gasteiger partial charge in [0.2, 0.25) is 0 Å². The van der Waals surface area contributed by atoms with Crippen molar-refractivity contribution < 1.29 is 0 Å². The fourth-order valence-electron chi connectivity index (χ4n) is 2.62. The maximum absolute atomic E-state index is 5.58. The lowest BCUT2D eigenvalue weighted by Crippen LogP contribution is -2.60. The van der Waals surface area contributed by atoms with Gasteiger partial charge in [-0.2, -0.15) is 0 Å². The summed E-state index contributed by atoms with van der Waals surface area (Å²) in [4.78, 5) is 2.50. The highest BCUT2D eigenvalue weighted by Gasteiger charge is 2.28. The summed E-state index contributed by atoms with van der Waals surface area (Å²) >= 11 is 0. The molecule has 4 N–H and O–H groups in total. The van der Waals surface area contributed by atoms with Crippen LogP contribution < -0.4 is 16.6 Å². The number of hydrogen-bond acceptors (Lipinski definition) is 4. The molecule has 82 valence electrons. The number of hydrogen-bond donors (Lipinski definition) is 3. The van der Waals surface area contributed by atoms with E-state index in [1.165, 1.54) is 51.6 Å². The molecule has 2 heterocycles. The molecule has 0 aromatic heterocycles. The van der Waals surface area contributed by atoms with Crippen LogP contribution in [0.4, 0.5) is 0 Å². The summed E-state index contributed by atoms with van der Waals surface area (Å²) in [6.45, 7) is 2.35. The standard InChI is InChI=1S/C10H22N4/c11-13-10-6-2-4-8-14(10)9-5-1-3-7-12-9/h9-10,12-13H,1-8,11H2. The SMILES string of the molecule is NNC1CCCCN1C1CCCCN1. The van der Waals surface area contributed by atoms with Crippen molar-refractivity contribution in [1.29, 1.82) is 0 Å². The molecule has 0 aromatic carbocycles. The number of nitrogens with two attached hydrogens (primary N) is 1. The van der Waals surface area contributed by atoms with Crippen molar-refractivity contribution in [2.45, 2.75) is 50.9 Å². The van der Waals surface area contributed by atoms with Gasteiger partial charge in [0.25, 0.3) is 0 Å². The molecule has 0 aliphatic carbocycles. The van der Waals surface area contributed by atoms with Gasteiger partial charge in [-0.25, -0.2) is 5.43 Å². The molecule has 2 rings (SSSR count). The molecule has 4 nitrogen and oxygen atoms in total. The molecular formula is C10H22N4. The van der Waals surface area contributed by atoms with Gasteiger partial charge in [-0.3, -0.25) is 10.7 Å². The van der Waals surface area contributed by atoms with Gasteiger partial charge in [0, 0.05) is 6.54 Å². The van der Waals surface area contributed by atoms with Gasteiger partial charge in [-0.05, 0) is 45.1 Å². The Balaban J connectivity index is 1.91. The van der Waals surface area contributed by atoms with E-state index in [1.807, 2.05) is 0 Å². The van der Waals surface area contributed by atoms with Crippen molar-refractivity contribution in [2.24, 2.45) is 5.84 Å². The smallest absolute Gasteiger partial charge is 0.0738 e. The second-order valence-electron chi connectivity index (χ2n) is 4.38. The molecule has 2 unspecified atom stereocenters. The van der Waals surface area contributed by atoms with E-state index >= 15 is 0 Å². The van der Waals surface area contributed by atoms with E-state index in [-0.39, 0.29) is 0 Å². The van der Waals surface area contributed by atoms with Crippen LogP contribution in [0.5, 0.6) is 0 Å². The molecule has 2 atom stereocenters. The molecule has 0 bridgehead atoms. The highest BCUT2D eigenvalue weighted by atomic mass is 15.4. The van der Waals surface area contributed by atoms with Crippen LogP contribution in [0.2, 0.25) is 0 Å². The zero-order chi connectivity index (χ0) is 9.80. The van der Waals surface area contributed by atoms with Crippen molar-refractivity contribution in [1.82, 2.24) is 15.6 Å². The van der Waals surface area contributed by atoms with Crippen molar-refractivity contribution >= 4 is 0 Å². The lowest BCUT2D eigenvalue weighted by atomic mass is 10.0. The van der Waals surface area contributed by atoms with E-state index in [4.69, 9.17) is 5.84 Å². The van der Waals surface area contributed by atoms with Crippen molar-refractivity contribution in [3.05, 3.63) is 0 Å². The molecule has 0 aromatic rings. The number of rotatable bonds is 2. The van der Waals surface area contributed by atoms with E-state index in [1.54, 1.807) is 0 Å². The Morgan fingerprint density at radius 1 is 1.14 bits per heavy atom. The van der Waals surface area contributed by atoms with Gasteiger partial charge < -0.3 is 5.32 Å². The first-order chi connectivity index (χ1) is 6.92.